The predicted octanol–water partition coefficient (Wildman–Crippen LogP) is 3.66. The molecule has 0 radical (unpaired) electrons. The van der Waals surface area contributed by atoms with E-state index in [9.17, 15) is 4.39 Å². The fraction of sp³-hybridized carbons (Fsp3) is 0.200. The molecule has 2 rings (SSSR count). The number of hydrogen-bond donors (Lipinski definition) is 0. The van der Waals surface area contributed by atoms with Crippen LogP contribution in [0.4, 0.5) is 4.39 Å². The lowest BCUT2D eigenvalue weighted by Crippen LogP contribution is -1.86. The van der Waals surface area contributed by atoms with Crippen LogP contribution in [0.3, 0.4) is 0 Å². The minimum absolute atomic E-state index is 0.0649. The van der Waals surface area contributed by atoms with Crippen molar-refractivity contribution in [1.82, 2.24) is 0 Å². The number of thiophene rings is 1. The molecule has 0 amide bonds. The second-order valence-corrected chi connectivity index (χ2v) is 3.89. The molecule has 0 aliphatic carbocycles. The highest BCUT2D eigenvalue weighted by atomic mass is 32.1. The van der Waals surface area contributed by atoms with Gasteiger partial charge < -0.3 is 0 Å². The van der Waals surface area contributed by atoms with E-state index >= 15 is 0 Å². The van der Waals surface area contributed by atoms with Gasteiger partial charge in [-0.2, -0.15) is 0 Å². The summed E-state index contributed by atoms with van der Waals surface area (Å²) in [7, 11) is 0. The monoisotopic (exact) mass is 180 g/mol. The third-order valence-electron chi connectivity index (χ3n) is 2.08. The molecule has 0 N–H and O–H groups in total. The molecule has 2 aromatic rings. The molecule has 0 atom stereocenters. The van der Waals surface area contributed by atoms with Crippen molar-refractivity contribution in [3.05, 3.63) is 34.5 Å². The van der Waals surface area contributed by atoms with Crippen molar-refractivity contribution in [3.8, 4) is 0 Å². The van der Waals surface area contributed by atoms with E-state index in [2.05, 4.69) is 0 Å². The van der Waals surface area contributed by atoms with Gasteiger partial charge >= 0.3 is 0 Å². The van der Waals surface area contributed by atoms with E-state index in [0.717, 1.165) is 21.2 Å². The minimum atomic E-state index is -0.0649. The summed E-state index contributed by atoms with van der Waals surface area (Å²) in [5.74, 6) is -0.0649. The van der Waals surface area contributed by atoms with E-state index in [1.807, 2.05) is 24.4 Å². The summed E-state index contributed by atoms with van der Waals surface area (Å²) in [4.78, 5) is 0. The Hall–Kier alpha value is -0.890. The molecule has 0 saturated carbocycles. The van der Waals surface area contributed by atoms with Gasteiger partial charge in [0.25, 0.3) is 0 Å². The molecular weight excluding hydrogens is 171 g/mol. The van der Waals surface area contributed by atoms with Crippen molar-refractivity contribution in [1.29, 1.82) is 0 Å². The molecule has 62 valence electrons. The normalized spacial score (nSPS) is 10.9. The van der Waals surface area contributed by atoms with Gasteiger partial charge in [0.05, 0.1) is 0 Å². The zero-order valence-electron chi connectivity index (χ0n) is 7.02. The van der Waals surface area contributed by atoms with Crippen LogP contribution in [-0.2, 0) is 0 Å². The zero-order valence-corrected chi connectivity index (χ0v) is 7.83. The predicted molar refractivity (Wildman–Crippen MR) is 51.3 cm³/mol. The van der Waals surface area contributed by atoms with Gasteiger partial charge in [-0.1, -0.05) is 0 Å². The molecular formula is C10H9FS. The molecule has 0 unspecified atom stereocenters. The van der Waals surface area contributed by atoms with Crippen LogP contribution < -0.4 is 0 Å². The summed E-state index contributed by atoms with van der Waals surface area (Å²) in [5, 5.41) is 3.15. The van der Waals surface area contributed by atoms with Gasteiger partial charge in [0.15, 0.2) is 0 Å². The first-order valence-electron chi connectivity index (χ1n) is 3.83. The van der Waals surface area contributed by atoms with Crippen LogP contribution in [-0.4, -0.2) is 0 Å². The molecule has 0 bridgehead atoms. The van der Waals surface area contributed by atoms with Crippen molar-refractivity contribution in [2.45, 2.75) is 13.8 Å². The average Bonchev–Trinajstić information content (AvgIpc) is 2.48. The highest BCUT2D eigenvalue weighted by Crippen LogP contribution is 2.28. The molecule has 0 aliphatic heterocycles. The molecule has 0 spiro atoms. The summed E-state index contributed by atoms with van der Waals surface area (Å²) in [5.41, 5.74) is 1.51. The smallest absolute Gasteiger partial charge is 0.130 e. The topological polar surface area (TPSA) is 0 Å². The Kier molecular flexibility index (Phi) is 1.65. The van der Waals surface area contributed by atoms with Crippen LogP contribution >= 0.6 is 11.3 Å². The average molecular weight is 180 g/mol. The lowest BCUT2D eigenvalue weighted by atomic mass is 10.1. The lowest BCUT2D eigenvalue weighted by molar-refractivity contribution is 0.612. The Morgan fingerprint density at radius 1 is 1.33 bits per heavy atom. The van der Waals surface area contributed by atoms with Gasteiger partial charge in [-0.3, -0.25) is 0 Å². The Balaban J connectivity index is 2.94. The Labute approximate surface area is 74.6 Å². The molecule has 0 saturated heterocycles. The lowest BCUT2D eigenvalue weighted by Gasteiger charge is -2.01. The van der Waals surface area contributed by atoms with E-state index in [1.165, 1.54) is 0 Å². The maximum absolute atomic E-state index is 13.3. The fourth-order valence-corrected chi connectivity index (χ4v) is 2.31. The van der Waals surface area contributed by atoms with Gasteiger partial charge in [-0.05, 0) is 42.3 Å². The van der Waals surface area contributed by atoms with E-state index in [-0.39, 0.29) is 5.82 Å². The second-order valence-electron chi connectivity index (χ2n) is 2.97. The molecule has 12 heavy (non-hydrogen) atoms. The third kappa shape index (κ3) is 0.950. The number of benzene rings is 1. The van der Waals surface area contributed by atoms with E-state index in [4.69, 9.17) is 0 Å². The summed E-state index contributed by atoms with van der Waals surface area (Å²) < 4.78 is 14.4. The quantitative estimate of drug-likeness (QED) is 0.580. The zero-order chi connectivity index (χ0) is 8.72. The van der Waals surface area contributed by atoms with Crippen molar-refractivity contribution < 1.29 is 4.39 Å². The van der Waals surface area contributed by atoms with Crippen molar-refractivity contribution in [3.63, 3.8) is 0 Å². The van der Waals surface area contributed by atoms with Crippen molar-refractivity contribution in [2.75, 3.05) is 0 Å². The summed E-state index contributed by atoms with van der Waals surface area (Å²) >= 11 is 1.60. The van der Waals surface area contributed by atoms with Crippen LogP contribution in [0.5, 0.6) is 0 Å². The second kappa shape index (κ2) is 2.56. The van der Waals surface area contributed by atoms with Crippen LogP contribution in [0.25, 0.3) is 10.1 Å². The highest BCUT2D eigenvalue weighted by molar-refractivity contribution is 7.17. The third-order valence-corrected chi connectivity index (χ3v) is 3.13. The van der Waals surface area contributed by atoms with Crippen LogP contribution in [0.1, 0.15) is 11.1 Å². The van der Waals surface area contributed by atoms with E-state index in [1.54, 1.807) is 18.3 Å². The first-order valence-corrected chi connectivity index (χ1v) is 4.71. The first-order chi connectivity index (χ1) is 5.70. The molecule has 0 nitrogen and oxygen atoms in total. The molecule has 1 heterocycles. The van der Waals surface area contributed by atoms with Gasteiger partial charge in [0.2, 0.25) is 0 Å². The fourth-order valence-electron chi connectivity index (χ4n) is 1.43. The first kappa shape index (κ1) is 7.74. The number of halogens is 1. The molecule has 1 aromatic heterocycles. The van der Waals surface area contributed by atoms with Gasteiger partial charge in [0, 0.05) is 10.3 Å². The Bertz CT molecular complexity index is 429. The molecule has 0 fully saturated rings. The molecule has 0 aliphatic rings. The Morgan fingerprint density at radius 2 is 2.08 bits per heavy atom. The van der Waals surface area contributed by atoms with Gasteiger partial charge in [-0.25, -0.2) is 4.39 Å². The van der Waals surface area contributed by atoms with Crippen LogP contribution in [0, 0.1) is 19.7 Å². The standard InChI is InChI=1S/C10H9FS/c1-6-5-8-3-4-12-10(8)7(2)9(6)11/h3-5H,1-2H3. The van der Waals surface area contributed by atoms with Crippen LogP contribution in [0.15, 0.2) is 17.5 Å². The summed E-state index contributed by atoms with van der Waals surface area (Å²) in [6, 6.07) is 3.92. The summed E-state index contributed by atoms with van der Waals surface area (Å²) in [6.45, 7) is 3.64. The van der Waals surface area contributed by atoms with Gasteiger partial charge in [0.1, 0.15) is 5.82 Å². The largest absolute Gasteiger partial charge is 0.206 e. The number of rotatable bonds is 0. The Morgan fingerprint density at radius 3 is 2.83 bits per heavy atom. The summed E-state index contributed by atoms with van der Waals surface area (Å²) in [6.07, 6.45) is 0. The van der Waals surface area contributed by atoms with E-state index < -0.39 is 0 Å². The maximum atomic E-state index is 13.3. The molecule has 2 heteroatoms. The molecule has 1 aromatic carbocycles. The maximum Gasteiger partial charge on any atom is 0.130 e. The van der Waals surface area contributed by atoms with Crippen LogP contribution in [0.2, 0.25) is 0 Å². The highest BCUT2D eigenvalue weighted by Gasteiger charge is 2.06. The number of aryl methyl sites for hydroxylation is 2. The number of fused-ring (bicyclic) bond motifs is 1. The SMILES string of the molecule is Cc1cc2ccsc2c(C)c1F. The number of hydrogen-bond acceptors (Lipinski definition) is 1. The van der Waals surface area contributed by atoms with E-state index in [0.29, 0.717) is 0 Å². The van der Waals surface area contributed by atoms with Crippen molar-refractivity contribution in [2.24, 2.45) is 0 Å². The van der Waals surface area contributed by atoms with Gasteiger partial charge in [-0.15, -0.1) is 11.3 Å². The van der Waals surface area contributed by atoms with Crippen molar-refractivity contribution >= 4 is 21.4 Å². The minimum Gasteiger partial charge on any atom is -0.206 e.